The first-order valence-electron chi connectivity index (χ1n) is 6.76. The molecule has 0 radical (unpaired) electrons. The Bertz CT molecular complexity index is 467. The number of anilines is 1. The van der Waals surface area contributed by atoms with Crippen LogP contribution in [-0.2, 0) is 0 Å². The van der Waals surface area contributed by atoms with Gasteiger partial charge in [-0.25, -0.2) is 0 Å². The predicted octanol–water partition coefficient (Wildman–Crippen LogP) is 2.73. The third-order valence-electron chi connectivity index (χ3n) is 3.62. The number of fused-ring (bicyclic) bond motifs is 1. The van der Waals surface area contributed by atoms with Crippen LogP contribution in [0.15, 0.2) is 16.6 Å². The summed E-state index contributed by atoms with van der Waals surface area (Å²) in [6, 6.07) is 4.52. The van der Waals surface area contributed by atoms with Crippen molar-refractivity contribution in [3.8, 4) is 11.5 Å². The molecular weight excluding hydrogens is 308 g/mol. The molecule has 1 atom stereocenters. The minimum absolute atomic E-state index is 0.498. The number of likely N-dealkylation sites (tertiary alicyclic amines) is 1. The summed E-state index contributed by atoms with van der Waals surface area (Å²) in [6.45, 7) is 3.53. The molecule has 2 aliphatic rings. The molecule has 2 aliphatic heterocycles. The number of hydrogen-bond donors (Lipinski definition) is 1. The zero-order valence-electron chi connectivity index (χ0n) is 11.1. The molecule has 2 heterocycles. The van der Waals surface area contributed by atoms with Gasteiger partial charge in [0.25, 0.3) is 0 Å². The maximum absolute atomic E-state index is 5.63. The molecule has 0 aromatic heterocycles. The van der Waals surface area contributed by atoms with Crippen molar-refractivity contribution in [1.82, 2.24) is 4.90 Å². The molecule has 0 spiro atoms. The average molecular weight is 327 g/mol. The van der Waals surface area contributed by atoms with Gasteiger partial charge in [0.15, 0.2) is 11.5 Å². The van der Waals surface area contributed by atoms with Gasteiger partial charge in [-0.3, -0.25) is 0 Å². The molecule has 0 saturated carbocycles. The average Bonchev–Trinajstić information content (AvgIpc) is 2.40. The van der Waals surface area contributed by atoms with Crippen molar-refractivity contribution in [3.05, 3.63) is 16.6 Å². The summed E-state index contributed by atoms with van der Waals surface area (Å²) < 4.78 is 12.2. The van der Waals surface area contributed by atoms with Crippen LogP contribution >= 0.6 is 15.9 Å². The van der Waals surface area contributed by atoms with Crippen molar-refractivity contribution in [1.29, 1.82) is 0 Å². The van der Waals surface area contributed by atoms with Crippen molar-refractivity contribution in [2.24, 2.45) is 0 Å². The second kappa shape index (κ2) is 5.59. The van der Waals surface area contributed by atoms with E-state index in [-0.39, 0.29) is 0 Å². The number of nitrogens with one attached hydrogen (secondary N) is 1. The van der Waals surface area contributed by atoms with Gasteiger partial charge >= 0.3 is 0 Å². The number of halogens is 1. The highest BCUT2D eigenvalue weighted by molar-refractivity contribution is 9.10. The highest BCUT2D eigenvalue weighted by atomic mass is 79.9. The van der Waals surface area contributed by atoms with Crippen LogP contribution in [-0.4, -0.2) is 44.3 Å². The van der Waals surface area contributed by atoms with E-state index in [1.54, 1.807) is 0 Å². The zero-order valence-corrected chi connectivity index (χ0v) is 12.7. The van der Waals surface area contributed by atoms with Crippen LogP contribution in [0.25, 0.3) is 0 Å². The monoisotopic (exact) mass is 326 g/mol. The van der Waals surface area contributed by atoms with E-state index < -0.39 is 0 Å². The summed E-state index contributed by atoms with van der Waals surface area (Å²) in [7, 11) is 2.17. The third-order valence-corrected chi connectivity index (χ3v) is 4.27. The fraction of sp³-hybridized carbons (Fsp3) is 0.571. The van der Waals surface area contributed by atoms with Gasteiger partial charge in [0.1, 0.15) is 13.2 Å². The van der Waals surface area contributed by atoms with Crippen LogP contribution < -0.4 is 14.8 Å². The second-order valence-electron chi connectivity index (χ2n) is 5.22. The maximum Gasteiger partial charge on any atom is 0.163 e. The van der Waals surface area contributed by atoms with Crippen LogP contribution in [0.2, 0.25) is 0 Å². The van der Waals surface area contributed by atoms with E-state index in [2.05, 4.69) is 33.2 Å². The molecule has 3 rings (SSSR count). The lowest BCUT2D eigenvalue weighted by atomic mass is 10.1. The topological polar surface area (TPSA) is 33.7 Å². The van der Waals surface area contributed by atoms with E-state index >= 15 is 0 Å². The molecule has 0 amide bonds. The smallest absolute Gasteiger partial charge is 0.163 e. The quantitative estimate of drug-likeness (QED) is 0.906. The molecular formula is C14H19BrN2O2. The van der Waals surface area contributed by atoms with E-state index in [1.165, 1.54) is 19.4 Å². The van der Waals surface area contributed by atoms with E-state index in [9.17, 15) is 0 Å². The fourth-order valence-corrected chi connectivity index (χ4v) is 3.12. The summed E-state index contributed by atoms with van der Waals surface area (Å²) in [4.78, 5) is 2.37. The summed E-state index contributed by atoms with van der Waals surface area (Å²) in [6.07, 6.45) is 2.46. The Labute approximate surface area is 122 Å². The zero-order chi connectivity index (χ0) is 13.2. The Balaban J connectivity index is 1.76. The number of rotatable bonds is 2. The highest BCUT2D eigenvalue weighted by Gasteiger charge is 2.20. The molecule has 1 aromatic carbocycles. The Morgan fingerprint density at radius 1 is 1.26 bits per heavy atom. The van der Waals surface area contributed by atoms with Crippen molar-refractivity contribution in [2.75, 3.05) is 38.7 Å². The van der Waals surface area contributed by atoms with E-state index in [4.69, 9.17) is 9.47 Å². The van der Waals surface area contributed by atoms with E-state index in [1.807, 2.05) is 12.1 Å². The predicted molar refractivity (Wildman–Crippen MR) is 79.3 cm³/mol. The fourth-order valence-electron chi connectivity index (χ4n) is 2.68. The minimum Gasteiger partial charge on any atom is -0.486 e. The summed E-state index contributed by atoms with van der Waals surface area (Å²) >= 11 is 3.61. The van der Waals surface area contributed by atoms with E-state index in [0.29, 0.717) is 19.3 Å². The number of likely N-dealkylation sites (N-methyl/N-ethyl adjacent to an activating group) is 1. The molecule has 0 bridgehead atoms. The molecule has 1 saturated heterocycles. The van der Waals surface area contributed by atoms with Gasteiger partial charge in [-0.15, -0.1) is 0 Å². The van der Waals surface area contributed by atoms with E-state index in [0.717, 1.165) is 28.2 Å². The van der Waals surface area contributed by atoms with Crippen molar-refractivity contribution in [2.45, 2.75) is 18.9 Å². The molecule has 0 aliphatic carbocycles. The van der Waals surface area contributed by atoms with Gasteiger partial charge in [0.05, 0.1) is 5.69 Å². The Morgan fingerprint density at radius 2 is 2.00 bits per heavy atom. The van der Waals surface area contributed by atoms with Crippen LogP contribution in [0.3, 0.4) is 0 Å². The first-order chi connectivity index (χ1) is 9.22. The third kappa shape index (κ3) is 2.98. The van der Waals surface area contributed by atoms with Gasteiger partial charge in [0, 0.05) is 29.2 Å². The first-order valence-corrected chi connectivity index (χ1v) is 7.56. The number of nitrogens with zero attached hydrogens (tertiary/aromatic N) is 1. The molecule has 1 N–H and O–H groups in total. The summed E-state index contributed by atoms with van der Waals surface area (Å²) in [5.74, 6) is 1.66. The standard InChI is InChI=1S/C14H19BrN2O2/c1-17-4-2-3-10(9-17)16-12-8-14-13(7-11(12)15)18-5-6-19-14/h7-8,10,16H,2-6,9H2,1H3. The van der Waals surface area contributed by atoms with Crippen molar-refractivity contribution < 1.29 is 9.47 Å². The first kappa shape index (κ1) is 13.1. The molecule has 1 aromatic rings. The van der Waals surface area contributed by atoms with Crippen molar-refractivity contribution in [3.63, 3.8) is 0 Å². The van der Waals surface area contributed by atoms with Crippen LogP contribution in [0.5, 0.6) is 11.5 Å². The largest absolute Gasteiger partial charge is 0.486 e. The van der Waals surface area contributed by atoms with Gasteiger partial charge in [-0.1, -0.05) is 0 Å². The highest BCUT2D eigenvalue weighted by Crippen LogP contribution is 2.38. The maximum atomic E-state index is 5.63. The SMILES string of the molecule is CN1CCCC(Nc2cc3c(cc2Br)OCCO3)C1. The van der Waals surface area contributed by atoms with Crippen LogP contribution in [0.4, 0.5) is 5.69 Å². The normalized spacial score (nSPS) is 23.2. The number of hydrogen-bond acceptors (Lipinski definition) is 4. The molecule has 4 nitrogen and oxygen atoms in total. The molecule has 19 heavy (non-hydrogen) atoms. The van der Waals surface area contributed by atoms with Crippen LogP contribution in [0.1, 0.15) is 12.8 Å². The summed E-state index contributed by atoms with van der Waals surface area (Å²) in [5, 5.41) is 3.61. The number of piperidine rings is 1. The Morgan fingerprint density at radius 3 is 2.74 bits per heavy atom. The van der Waals surface area contributed by atoms with Gasteiger partial charge in [0.2, 0.25) is 0 Å². The number of ether oxygens (including phenoxy) is 2. The molecule has 104 valence electrons. The van der Waals surface area contributed by atoms with Gasteiger partial charge in [-0.05, 0) is 42.4 Å². The number of benzene rings is 1. The minimum atomic E-state index is 0.498. The molecule has 1 fully saturated rings. The summed E-state index contributed by atoms with van der Waals surface area (Å²) in [5.41, 5.74) is 1.09. The molecule has 1 unspecified atom stereocenters. The Kier molecular flexibility index (Phi) is 3.84. The van der Waals surface area contributed by atoms with Crippen LogP contribution in [0, 0.1) is 0 Å². The second-order valence-corrected chi connectivity index (χ2v) is 6.08. The lowest BCUT2D eigenvalue weighted by Crippen LogP contribution is -2.39. The van der Waals surface area contributed by atoms with Gasteiger partial charge in [-0.2, -0.15) is 0 Å². The van der Waals surface area contributed by atoms with Crippen molar-refractivity contribution >= 4 is 21.6 Å². The lowest BCUT2D eigenvalue weighted by Gasteiger charge is -2.31. The van der Waals surface area contributed by atoms with Gasteiger partial charge < -0.3 is 19.7 Å². The lowest BCUT2D eigenvalue weighted by molar-refractivity contribution is 0.171. The Hall–Kier alpha value is -0.940. The molecule has 5 heteroatoms.